The van der Waals surface area contributed by atoms with Gasteiger partial charge in [-0.3, -0.25) is 9.10 Å². The number of carbonyl (C=O) groups excluding carboxylic acids is 1. The van der Waals surface area contributed by atoms with E-state index in [4.69, 9.17) is 21.1 Å². The third-order valence-electron chi connectivity index (χ3n) is 4.75. The summed E-state index contributed by atoms with van der Waals surface area (Å²) in [6.07, 6.45) is 0. The highest BCUT2D eigenvalue weighted by molar-refractivity contribution is 7.92. The Morgan fingerprint density at radius 1 is 1.00 bits per heavy atom. The van der Waals surface area contributed by atoms with E-state index in [2.05, 4.69) is 5.32 Å². The number of nitrogens with one attached hydrogen (secondary N) is 1. The van der Waals surface area contributed by atoms with Crippen LogP contribution in [0.1, 0.15) is 5.56 Å². The monoisotopic (exact) mass is 492 g/mol. The first-order chi connectivity index (χ1) is 15.8. The van der Waals surface area contributed by atoms with E-state index < -0.39 is 28.3 Å². The number of amides is 1. The minimum absolute atomic E-state index is 0.0156. The molecule has 0 saturated heterocycles. The Morgan fingerprint density at radius 3 is 2.33 bits per heavy atom. The van der Waals surface area contributed by atoms with Gasteiger partial charge in [0.15, 0.2) is 11.5 Å². The molecule has 0 bridgehead atoms. The minimum Gasteiger partial charge on any atom is -0.493 e. The SMILES string of the molecule is COc1ccc(CNC(=O)CN(c2ccc(F)c(Cl)c2)S(=O)(=O)c2ccccc2)cc1OC. The lowest BCUT2D eigenvalue weighted by atomic mass is 10.2. The second-order valence-corrected chi connectivity index (χ2v) is 9.16. The molecular formula is C23H22ClFN2O5S. The summed E-state index contributed by atoms with van der Waals surface area (Å²) in [5.41, 5.74) is 0.787. The van der Waals surface area contributed by atoms with Crippen LogP contribution in [0, 0.1) is 5.82 Å². The summed E-state index contributed by atoms with van der Waals surface area (Å²) in [4.78, 5) is 12.7. The maximum absolute atomic E-state index is 13.7. The minimum atomic E-state index is -4.13. The number of hydrogen-bond donors (Lipinski definition) is 1. The topological polar surface area (TPSA) is 84.9 Å². The van der Waals surface area contributed by atoms with Crippen molar-refractivity contribution in [1.29, 1.82) is 0 Å². The summed E-state index contributed by atoms with van der Waals surface area (Å²) in [7, 11) is -1.11. The number of sulfonamides is 1. The highest BCUT2D eigenvalue weighted by atomic mass is 35.5. The van der Waals surface area contributed by atoms with Gasteiger partial charge in [-0.05, 0) is 48.0 Å². The number of benzene rings is 3. The van der Waals surface area contributed by atoms with Crippen LogP contribution in [-0.4, -0.2) is 35.1 Å². The molecule has 3 rings (SSSR count). The molecule has 0 radical (unpaired) electrons. The van der Waals surface area contributed by atoms with E-state index in [0.29, 0.717) is 11.5 Å². The number of hydrogen-bond acceptors (Lipinski definition) is 5. The van der Waals surface area contributed by atoms with Crippen molar-refractivity contribution < 1.29 is 27.1 Å². The van der Waals surface area contributed by atoms with Crippen molar-refractivity contribution >= 4 is 33.2 Å². The van der Waals surface area contributed by atoms with Crippen LogP contribution < -0.4 is 19.1 Å². The number of nitrogens with zero attached hydrogens (tertiary/aromatic N) is 1. The van der Waals surface area contributed by atoms with Crippen LogP contribution in [0.4, 0.5) is 10.1 Å². The molecule has 0 unspecified atom stereocenters. The van der Waals surface area contributed by atoms with E-state index in [-0.39, 0.29) is 22.2 Å². The van der Waals surface area contributed by atoms with E-state index >= 15 is 0 Å². The van der Waals surface area contributed by atoms with E-state index in [0.717, 1.165) is 15.9 Å². The molecule has 174 valence electrons. The van der Waals surface area contributed by atoms with Crippen LogP contribution in [-0.2, 0) is 21.4 Å². The lowest BCUT2D eigenvalue weighted by molar-refractivity contribution is -0.119. The third kappa shape index (κ3) is 5.74. The highest BCUT2D eigenvalue weighted by Crippen LogP contribution is 2.29. The maximum atomic E-state index is 13.7. The summed E-state index contributed by atoms with van der Waals surface area (Å²) < 4.78 is 51.5. The fourth-order valence-corrected chi connectivity index (χ4v) is 4.66. The van der Waals surface area contributed by atoms with Gasteiger partial charge in [0.1, 0.15) is 12.4 Å². The molecule has 0 fully saturated rings. The Labute approximate surface area is 196 Å². The van der Waals surface area contributed by atoms with Gasteiger partial charge in [0.25, 0.3) is 10.0 Å². The smallest absolute Gasteiger partial charge is 0.264 e. The average Bonchev–Trinajstić information content (AvgIpc) is 2.83. The fraction of sp³-hybridized carbons (Fsp3) is 0.174. The van der Waals surface area contributed by atoms with Crippen LogP contribution in [0.25, 0.3) is 0 Å². The predicted molar refractivity (Wildman–Crippen MR) is 124 cm³/mol. The van der Waals surface area contributed by atoms with Crippen molar-refractivity contribution in [2.45, 2.75) is 11.4 Å². The molecule has 0 aliphatic carbocycles. The molecule has 1 amide bonds. The first-order valence-electron chi connectivity index (χ1n) is 9.76. The quantitative estimate of drug-likeness (QED) is 0.488. The van der Waals surface area contributed by atoms with E-state index in [1.807, 2.05) is 0 Å². The van der Waals surface area contributed by atoms with Crippen LogP contribution in [0.2, 0.25) is 5.02 Å². The lowest BCUT2D eigenvalue weighted by Gasteiger charge is -2.24. The zero-order valence-electron chi connectivity index (χ0n) is 17.9. The molecular weight excluding hydrogens is 471 g/mol. The zero-order chi connectivity index (χ0) is 24.0. The molecule has 0 aromatic heterocycles. The second kappa shape index (κ2) is 10.5. The normalized spacial score (nSPS) is 11.0. The van der Waals surface area contributed by atoms with Crippen molar-refractivity contribution in [3.63, 3.8) is 0 Å². The number of carbonyl (C=O) groups is 1. The Balaban J connectivity index is 1.84. The van der Waals surface area contributed by atoms with Gasteiger partial charge in [0.05, 0.1) is 29.8 Å². The number of halogens is 2. The molecule has 0 atom stereocenters. The summed E-state index contributed by atoms with van der Waals surface area (Å²) in [5.74, 6) is -0.223. The standard InChI is InChI=1S/C23H22ClFN2O5S/c1-31-21-11-8-16(12-22(21)32-2)14-26-23(28)15-27(17-9-10-20(25)19(24)13-17)33(29,30)18-6-4-3-5-7-18/h3-13H,14-15H2,1-2H3,(H,26,28). The van der Waals surface area contributed by atoms with Crippen LogP contribution in [0.3, 0.4) is 0 Å². The second-order valence-electron chi connectivity index (χ2n) is 6.89. The third-order valence-corrected chi connectivity index (χ3v) is 6.82. The van der Waals surface area contributed by atoms with E-state index in [9.17, 15) is 17.6 Å². The molecule has 0 aliphatic rings. The predicted octanol–water partition coefficient (Wildman–Crippen LogP) is 4.01. The average molecular weight is 493 g/mol. The summed E-state index contributed by atoms with van der Waals surface area (Å²) in [6.45, 7) is -0.408. The van der Waals surface area contributed by atoms with Gasteiger partial charge in [0, 0.05) is 6.54 Å². The molecule has 0 aliphatic heterocycles. The molecule has 0 heterocycles. The van der Waals surface area contributed by atoms with Gasteiger partial charge in [-0.15, -0.1) is 0 Å². The Kier molecular flexibility index (Phi) is 7.78. The molecule has 0 spiro atoms. The number of anilines is 1. The molecule has 3 aromatic carbocycles. The van der Waals surface area contributed by atoms with Gasteiger partial charge >= 0.3 is 0 Å². The van der Waals surface area contributed by atoms with Gasteiger partial charge in [0.2, 0.25) is 5.91 Å². The van der Waals surface area contributed by atoms with Gasteiger partial charge in [-0.25, -0.2) is 12.8 Å². The van der Waals surface area contributed by atoms with Crippen molar-refractivity contribution in [2.75, 3.05) is 25.1 Å². The van der Waals surface area contributed by atoms with Crippen molar-refractivity contribution in [2.24, 2.45) is 0 Å². The molecule has 33 heavy (non-hydrogen) atoms. The molecule has 0 saturated carbocycles. The largest absolute Gasteiger partial charge is 0.493 e. The summed E-state index contributed by atoms with van der Waals surface area (Å²) >= 11 is 5.87. The lowest BCUT2D eigenvalue weighted by Crippen LogP contribution is -2.40. The number of ether oxygens (including phenoxy) is 2. The summed E-state index contributed by atoms with van der Waals surface area (Å²) in [5, 5.41) is 2.43. The van der Waals surface area contributed by atoms with Crippen molar-refractivity contribution in [3.8, 4) is 11.5 Å². The maximum Gasteiger partial charge on any atom is 0.264 e. The first kappa shape index (κ1) is 24.3. The number of rotatable bonds is 9. The molecule has 10 heteroatoms. The Morgan fingerprint density at radius 2 is 1.70 bits per heavy atom. The zero-order valence-corrected chi connectivity index (χ0v) is 19.5. The van der Waals surface area contributed by atoms with Crippen LogP contribution in [0.5, 0.6) is 11.5 Å². The summed E-state index contributed by atoms with van der Waals surface area (Å²) in [6, 6.07) is 16.3. The Bertz CT molecular complexity index is 1240. The van der Waals surface area contributed by atoms with Gasteiger partial charge < -0.3 is 14.8 Å². The first-order valence-corrected chi connectivity index (χ1v) is 11.6. The highest BCUT2D eigenvalue weighted by Gasteiger charge is 2.27. The van der Waals surface area contributed by atoms with Crippen molar-refractivity contribution in [1.82, 2.24) is 5.32 Å². The van der Waals surface area contributed by atoms with Crippen LogP contribution in [0.15, 0.2) is 71.6 Å². The molecule has 1 N–H and O–H groups in total. The fourth-order valence-electron chi connectivity index (χ4n) is 3.05. The van der Waals surface area contributed by atoms with Crippen molar-refractivity contribution in [3.05, 3.63) is 83.1 Å². The molecule has 7 nitrogen and oxygen atoms in total. The van der Waals surface area contributed by atoms with E-state index in [1.54, 1.807) is 36.4 Å². The van der Waals surface area contributed by atoms with Gasteiger partial charge in [-0.2, -0.15) is 0 Å². The van der Waals surface area contributed by atoms with E-state index in [1.165, 1.54) is 38.5 Å². The number of methoxy groups -OCH3 is 2. The molecule has 3 aromatic rings. The van der Waals surface area contributed by atoms with Gasteiger partial charge in [-0.1, -0.05) is 35.9 Å². The Hall–Kier alpha value is -3.30. The van der Waals surface area contributed by atoms with Crippen LogP contribution >= 0.6 is 11.6 Å².